The number of esters is 1. The number of carbonyl (C=O) groups excluding carboxylic acids is 1. The van der Waals surface area contributed by atoms with E-state index in [9.17, 15) is 4.79 Å². The van der Waals surface area contributed by atoms with Gasteiger partial charge in [0.2, 0.25) is 0 Å². The molecule has 4 nitrogen and oxygen atoms in total. The summed E-state index contributed by atoms with van der Waals surface area (Å²) in [6.45, 7) is 4.27. The van der Waals surface area contributed by atoms with E-state index in [4.69, 9.17) is 4.74 Å². The van der Waals surface area contributed by atoms with Crippen molar-refractivity contribution in [1.82, 2.24) is 4.98 Å². The highest BCUT2D eigenvalue weighted by molar-refractivity contribution is 6.05. The molecule has 1 aromatic carbocycles. The summed E-state index contributed by atoms with van der Waals surface area (Å²) in [5.41, 5.74) is 3.49. The lowest BCUT2D eigenvalue weighted by atomic mass is 10.0. The van der Waals surface area contributed by atoms with Crippen LogP contribution in [0.15, 0.2) is 24.4 Å². The Morgan fingerprint density at radius 1 is 1.30 bits per heavy atom. The molecule has 4 heteroatoms. The molecule has 0 fully saturated rings. The van der Waals surface area contributed by atoms with Crippen molar-refractivity contribution in [2.75, 3.05) is 25.6 Å². The number of rotatable bonds is 4. The number of pyridine rings is 1. The first-order valence-corrected chi connectivity index (χ1v) is 6.84. The van der Waals surface area contributed by atoms with E-state index in [1.807, 2.05) is 25.1 Å². The van der Waals surface area contributed by atoms with E-state index in [0.717, 1.165) is 23.0 Å². The highest BCUT2D eigenvalue weighted by Crippen LogP contribution is 2.29. The maximum atomic E-state index is 12.1. The normalized spacial score (nSPS) is 10.6. The fraction of sp³-hybridized carbons (Fsp3) is 0.375. The average molecular weight is 272 g/mol. The third-order valence-electron chi connectivity index (χ3n) is 3.25. The van der Waals surface area contributed by atoms with E-state index in [1.54, 1.807) is 13.1 Å². The van der Waals surface area contributed by atoms with Gasteiger partial charge in [0.25, 0.3) is 0 Å². The van der Waals surface area contributed by atoms with E-state index >= 15 is 0 Å². The molecule has 1 heterocycles. The number of hydrogen-bond acceptors (Lipinski definition) is 4. The SMILES string of the molecule is CCOC(=O)c1cnc2ccc(CC)cc2c1N(C)C. The van der Waals surface area contributed by atoms with Crippen molar-refractivity contribution in [3.05, 3.63) is 35.5 Å². The summed E-state index contributed by atoms with van der Waals surface area (Å²) in [6, 6.07) is 6.16. The number of ether oxygens (including phenoxy) is 1. The maximum absolute atomic E-state index is 12.1. The summed E-state index contributed by atoms with van der Waals surface area (Å²) in [5, 5.41) is 0.986. The number of anilines is 1. The van der Waals surface area contributed by atoms with Gasteiger partial charge in [-0.1, -0.05) is 13.0 Å². The first-order chi connectivity index (χ1) is 9.58. The minimum atomic E-state index is -0.326. The highest BCUT2D eigenvalue weighted by Gasteiger charge is 2.18. The number of aryl methyl sites for hydroxylation is 1. The van der Waals surface area contributed by atoms with Gasteiger partial charge in [0.15, 0.2) is 0 Å². The zero-order chi connectivity index (χ0) is 14.7. The number of fused-ring (bicyclic) bond motifs is 1. The smallest absolute Gasteiger partial charge is 0.341 e. The molecule has 0 aliphatic heterocycles. The van der Waals surface area contributed by atoms with Crippen molar-refractivity contribution in [3.63, 3.8) is 0 Å². The zero-order valence-corrected chi connectivity index (χ0v) is 12.4. The zero-order valence-electron chi connectivity index (χ0n) is 12.4. The minimum absolute atomic E-state index is 0.326. The summed E-state index contributed by atoms with van der Waals surface area (Å²) in [5.74, 6) is -0.326. The van der Waals surface area contributed by atoms with Gasteiger partial charge in [0.05, 0.1) is 17.8 Å². The quantitative estimate of drug-likeness (QED) is 0.802. The molecule has 0 spiro atoms. The number of aromatic nitrogens is 1. The van der Waals surface area contributed by atoms with Crippen LogP contribution in [0.4, 0.5) is 5.69 Å². The van der Waals surface area contributed by atoms with E-state index in [2.05, 4.69) is 24.0 Å². The Morgan fingerprint density at radius 3 is 2.65 bits per heavy atom. The Balaban J connectivity index is 2.70. The molecule has 0 saturated carbocycles. The molecule has 20 heavy (non-hydrogen) atoms. The number of nitrogens with zero attached hydrogens (tertiary/aromatic N) is 2. The van der Waals surface area contributed by atoms with Crippen molar-refractivity contribution in [3.8, 4) is 0 Å². The topological polar surface area (TPSA) is 42.4 Å². The summed E-state index contributed by atoms with van der Waals surface area (Å²) < 4.78 is 5.12. The predicted molar refractivity (Wildman–Crippen MR) is 81.4 cm³/mol. The van der Waals surface area contributed by atoms with Gasteiger partial charge in [-0.2, -0.15) is 0 Å². The second-order valence-corrected chi connectivity index (χ2v) is 4.84. The fourth-order valence-electron chi connectivity index (χ4n) is 2.29. The molecular weight excluding hydrogens is 252 g/mol. The lowest BCUT2D eigenvalue weighted by Crippen LogP contribution is -2.16. The van der Waals surface area contributed by atoms with Gasteiger partial charge in [-0.15, -0.1) is 0 Å². The van der Waals surface area contributed by atoms with Gasteiger partial charge in [-0.25, -0.2) is 4.79 Å². The van der Waals surface area contributed by atoms with Crippen LogP contribution in [-0.2, 0) is 11.2 Å². The van der Waals surface area contributed by atoms with Gasteiger partial charge < -0.3 is 9.64 Å². The van der Waals surface area contributed by atoms with Gasteiger partial charge in [-0.05, 0) is 31.0 Å². The van der Waals surface area contributed by atoms with Crippen molar-refractivity contribution in [2.45, 2.75) is 20.3 Å². The molecule has 0 unspecified atom stereocenters. The van der Waals surface area contributed by atoms with Crippen LogP contribution in [0.25, 0.3) is 10.9 Å². The molecule has 2 aromatic rings. The molecule has 106 valence electrons. The maximum Gasteiger partial charge on any atom is 0.341 e. The molecular formula is C16H20N2O2. The molecule has 0 saturated heterocycles. The Bertz CT molecular complexity index is 636. The van der Waals surface area contributed by atoms with Crippen LogP contribution >= 0.6 is 0 Å². The highest BCUT2D eigenvalue weighted by atomic mass is 16.5. The van der Waals surface area contributed by atoms with Gasteiger partial charge in [0, 0.05) is 25.7 Å². The molecule has 0 N–H and O–H groups in total. The molecule has 0 aliphatic carbocycles. The first-order valence-electron chi connectivity index (χ1n) is 6.84. The van der Waals surface area contributed by atoms with Crippen LogP contribution in [-0.4, -0.2) is 31.7 Å². The fourth-order valence-corrected chi connectivity index (χ4v) is 2.29. The summed E-state index contributed by atoms with van der Waals surface area (Å²) in [6.07, 6.45) is 2.55. The number of carbonyl (C=O) groups is 1. The van der Waals surface area contributed by atoms with E-state index in [1.165, 1.54) is 5.56 Å². The van der Waals surface area contributed by atoms with Crippen LogP contribution in [0, 0.1) is 0 Å². The van der Waals surface area contributed by atoms with Crippen molar-refractivity contribution in [1.29, 1.82) is 0 Å². The third-order valence-corrected chi connectivity index (χ3v) is 3.25. The van der Waals surface area contributed by atoms with E-state index in [-0.39, 0.29) is 5.97 Å². The van der Waals surface area contributed by atoms with Gasteiger partial charge >= 0.3 is 5.97 Å². The van der Waals surface area contributed by atoms with Crippen LogP contribution in [0.3, 0.4) is 0 Å². The van der Waals surface area contributed by atoms with E-state index in [0.29, 0.717) is 12.2 Å². The molecule has 0 radical (unpaired) electrons. The molecule has 1 aromatic heterocycles. The van der Waals surface area contributed by atoms with Crippen LogP contribution in [0.1, 0.15) is 29.8 Å². The van der Waals surface area contributed by atoms with Gasteiger partial charge in [-0.3, -0.25) is 4.98 Å². The third kappa shape index (κ3) is 2.59. The van der Waals surface area contributed by atoms with E-state index < -0.39 is 0 Å². The summed E-state index contributed by atoms with van der Waals surface area (Å²) >= 11 is 0. The standard InChI is InChI=1S/C16H20N2O2/c1-5-11-7-8-14-12(9-11)15(18(3)4)13(10-17-14)16(19)20-6-2/h7-10H,5-6H2,1-4H3. The van der Waals surface area contributed by atoms with Crippen molar-refractivity contribution in [2.24, 2.45) is 0 Å². The Morgan fingerprint density at radius 2 is 2.05 bits per heavy atom. The summed E-state index contributed by atoms with van der Waals surface area (Å²) in [7, 11) is 3.85. The predicted octanol–water partition coefficient (Wildman–Crippen LogP) is 3.04. The number of benzene rings is 1. The Kier molecular flexibility index (Phi) is 4.23. The molecule has 2 rings (SSSR count). The molecule has 0 amide bonds. The largest absolute Gasteiger partial charge is 0.462 e. The Labute approximate surface area is 119 Å². The van der Waals surface area contributed by atoms with Crippen molar-refractivity contribution < 1.29 is 9.53 Å². The van der Waals surface area contributed by atoms with Crippen molar-refractivity contribution >= 4 is 22.6 Å². The lowest BCUT2D eigenvalue weighted by Gasteiger charge is -2.19. The monoisotopic (exact) mass is 272 g/mol. The van der Waals surface area contributed by atoms with Crippen LogP contribution < -0.4 is 4.90 Å². The summed E-state index contributed by atoms with van der Waals surface area (Å²) in [4.78, 5) is 18.4. The second-order valence-electron chi connectivity index (χ2n) is 4.84. The number of hydrogen-bond donors (Lipinski definition) is 0. The first kappa shape index (κ1) is 14.3. The van der Waals surface area contributed by atoms with Gasteiger partial charge in [0.1, 0.15) is 5.56 Å². The van der Waals surface area contributed by atoms with Crippen LogP contribution in [0.5, 0.6) is 0 Å². The Hall–Kier alpha value is -2.10. The molecule has 0 atom stereocenters. The second kappa shape index (κ2) is 5.90. The average Bonchev–Trinajstić information content (AvgIpc) is 2.45. The molecule has 0 aliphatic rings. The molecule has 0 bridgehead atoms. The lowest BCUT2D eigenvalue weighted by molar-refractivity contribution is 0.0527. The van der Waals surface area contributed by atoms with Crippen LogP contribution in [0.2, 0.25) is 0 Å². The minimum Gasteiger partial charge on any atom is -0.462 e.